The molecule has 9 heteroatoms. The number of rotatable bonds is 2. The topological polar surface area (TPSA) is 149 Å². The SMILES string of the molecule is C[C@@H]1O[C@@H](O[C@@H]2[C@@H](O)[C@@H](O)[C@@H](C)O[C@@H]2O)[C@H](O)[C@H](O)[C@H]1O. The molecule has 2 aliphatic rings. The largest absolute Gasteiger partial charge is 0.388 e. The lowest BCUT2D eigenvalue weighted by atomic mass is 9.98. The van der Waals surface area contributed by atoms with E-state index in [0.29, 0.717) is 0 Å². The lowest BCUT2D eigenvalue weighted by Gasteiger charge is -2.44. The maximum atomic E-state index is 9.91. The molecule has 2 aliphatic heterocycles. The quantitative estimate of drug-likeness (QED) is 0.308. The number of aliphatic hydroxyl groups excluding tert-OH is 6. The maximum absolute atomic E-state index is 9.91. The minimum Gasteiger partial charge on any atom is -0.388 e. The summed E-state index contributed by atoms with van der Waals surface area (Å²) in [6.45, 7) is 2.94. The summed E-state index contributed by atoms with van der Waals surface area (Å²) in [6, 6.07) is 0. The predicted molar refractivity (Wildman–Crippen MR) is 65.8 cm³/mol. The van der Waals surface area contributed by atoms with E-state index in [1.807, 2.05) is 0 Å². The van der Waals surface area contributed by atoms with Crippen molar-refractivity contribution < 1.29 is 44.8 Å². The monoisotopic (exact) mass is 310 g/mol. The number of ether oxygens (including phenoxy) is 3. The standard InChI is InChI=1S/C12H22O9/c1-3-6(14)8(16)10(11(18)19-3)21-12-9(17)7(15)5(13)4(2)20-12/h3-18H,1-2H3/t3-,4+,5+,6+,7-,8+,9-,10-,11+,12+/m1/s1. The Hall–Kier alpha value is -0.360. The summed E-state index contributed by atoms with van der Waals surface area (Å²) < 4.78 is 15.5. The fraction of sp³-hybridized carbons (Fsp3) is 1.00. The van der Waals surface area contributed by atoms with Crippen LogP contribution in [0.4, 0.5) is 0 Å². The van der Waals surface area contributed by atoms with Crippen LogP contribution in [0.25, 0.3) is 0 Å². The summed E-state index contributed by atoms with van der Waals surface area (Å²) in [7, 11) is 0. The van der Waals surface area contributed by atoms with Gasteiger partial charge in [-0.3, -0.25) is 0 Å². The second-order valence-corrected chi connectivity index (χ2v) is 5.50. The van der Waals surface area contributed by atoms with Crippen LogP contribution in [0.2, 0.25) is 0 Å². The molecule has 0 radical (unpaired) electrons. The molecule has 0 aliphatic carbocycles. The molecule has 21 heavy (non-hydrogen) atoms. The van der Waals surface area contributed by atoms with Gasteiger partial charge in [-0.15, -0.1) is 0 Å². The van der Waals surface area contributed by atoms with Gasteiger partial charge in [-0.25, -0.2) is 0 Å². The molecule has 2 fully saturated rings. The molecule has 0 spiro atoms. The van der Waals surface area contributed by atoms with Gasteiger partial charge < -0.3 is 44.8 Å². The highest BCUT2D eigenvalue weighted by Crippen LogP contribution is 2.28. The van der Waals surface area contributed by atoms with Crippen molar-refractivity contribution in [1.82, 2.24) is 0 Å². The lowest BCUT2D eigenvalue weighted by molar-refractivity contribution is -0.356. The Balaban J connectivity index is 2.06. The molecule has 2 rings (SSSR count). The maximum Gasteiger partial charge on any atom is 0.187 e. The van der Waals surface area contributed by atoms with Crippen molar-refractivity contribution in [2.45, 2.75) is 75.3 Å². The van der Waals surface area contributed by atoms with Gasteiger partial charge in [0, 0.05) is 0 Å². The highest BCUT2D eigenvalue weighted by atomic mass is 16.7. The highest BCUT2D eigenvalue weighted by molar-refractivity contribution is 4.91. The zero-order chi connectivity index (χ0) is 15.9. The number of hydrogen-bond acceptors (Lipinski definition) is 9. The molecule has 0 saturated carbocycles. The molecular formula is C12H22O9. The minimum absolute atomic E-state index is 0.793. The van der Waals surface area contributed by atoms with Crippen molar-refractivity contribution in [2.75, 3.05) is 0 Å². The first-order valence-corrected chi connectivity index (χ1v) is 6.78. The summed E-state index contributed by atoms with van der Waals surface area (Å²) in [5.41, 5.74) is 0. The fourth-order valence-electron chi connectivity index (χ4n) is 2.45. The predicted octanol–water partition coefficient (Wildman–Crippen LogP) is -3.34. The van der Waals surface area contributed by atoms with Crippen molar-refractivity contribution in [3.8, 4) is 0 Å². The first-order valence-electron chi connectivity index (χ1n) is 6.78. The average molecular weight is 310 g/mol. The molecule has 124 valence electrons. The first-order chi connectivity index (χ1) is 9.73. The van der Waals surface area contributed by atoms with E-state index >= 15 is 0 Å². The van der Waals surface area contributed by atoms with Crippen molar-refractivity contribution in [1.29, 1.82) is 0 Å². The van der Waals surface area contributed by atoms with Crippen LogP contribution in [0.15, 0.2) is 0 Å². The third-order valence-electron chi connectivity index (χ3n) is 3.90. The van der Waals surface area contributed by atoms with Gasteiger partial charge in [0.05, 0.1) is 12.2 Å². The van der Waals surface area contributed by atoms with Gasteiger partial charge in [-0.2, -0.15) is 0 Å². The minimum atomic E-state index is -1.58. The van der Waals surface area contributed by atoms with Gasteiger partial charge in [-0.05, 0) is 13.8 Å². The summed E-state index contributed by atoms with van der Waals surface area (Å²) in [6.07, 6.45) is -13.0. The second-order valence-electron chi connectivity index (χ2n) is 5.50. The van der Waals surface area contributed by atoms with E-state index in [0.717, 1.165) is 0 Å². The van der Waals surface area contributed by atoms with Gasteiger partial charge in [0.15, 0.2) is 12.6 Å². The Labute approximate surface area is 121 Å². The van der Waals surface area contributed by atoms with E-state index in [9.17, 15) is 30.6 Å². The van der Waals surface area contributed by atoms with Gasteiger partial charge in [-0.1, -0.05) is 0 Å². The summed E-state index contributed by atoms with van der Waals surface area (Å²) in [5, 5.41) is 58.5. The third kappa shape index (κ3) is 3.21. The van der Waals surface area contributed by atoms with Crippen LogP contribution in [-0.4, -0.2) is 92.1 Å². The molecule has 0 aromatic heterocycles. The van der Waals surface area contributed by atoms with Crippen LogP contribution in [0, 0.1) is 0 Å². The van der Waals surface area contributed by atoms with Crippen molar-refractivity contribution in [3.05, 3.63) is 0 Å². The fourth-order valence-corrected chi connectivity index (χ4v) is 2.45. The summed E-state index contributed by atoms with van der Waals surface area (Å²) in [5.74, 6) is 0. The highest BCUT2D eigenvalue weighted by Gasteiger charge is 2.48. The Morgan fingerprint density at radius 2 is 1.19 bits per heavy atom. The number of hydrogen-bond donors (Lipinski definition) is 6. The molecule has 0 amide bonds. The van der Waals surface area contributed by atoms with E-state index in [1.165, 1.54) is 13.8 Å². The molecule has 0 bridgehead atoms. The van der Waals surface area contributed by atoms with Crippen LogP contribution >= 0.6 is 0 Å². The Morgan fingerprint density at radius 1 is 0.667 bits per heavy atom. The molecule has 6 N–H and O–H groups in total. The molecule has 9 nitrogen and oxygen atoms in total. The van der Waals surface area contributed by atoms with Crippen LogP contribution in [0.1, 0.15) is 13.8 Å². The molecule has 10 atom stereocenters. The summed E-state index contributed by atoms with van der Waals surface area (Å²) in [4.78, 5) is 0. The first kappa shape index (κ1) is 17.0. The molecule has 2 heterocycles. The molecule has 2 saturated heterocycles. The molecule has 0 aromatic carbocycles. The normalized spacial score (nSPS) is 55.4. The van der Waals surface area contributed by atoms with Crippen molar-refractivity contribution in [2.24, 2.45) is 0 Å². The van der Waals surface area contributed by atoms with Gasteiger partial charge in [0.2, 0.25) is 0 Å². The second kappa shape index (κ2) is 6.41. The lowest BCUT2D eigenvalue weighted by Crippen LogP contribution is -2.62. The Kier molecular flexibility index (Phi) is 5.19. The van der Waals surface area contributed by atoms with Gasteiger partial charge >= 0.3 is 0 Å². The zero-order valence-corrected chi connectivity index (χ0v) is 11.7. The van der Waals surface area contributed by atoms with E-state index < -0.39 is 61.4 Å². The Morgan fingerprint density at radius 3 is 1.81 bits per heavy atom. The van der Waals surface area contributed by atoms with Crippen LogP contribution < -0.4 is 0 Å². The zero-order valence-electron chi connectivity index (χ0n) is 11.7. The Bertz CT molecular complexity index is 354. The van der Waals surface area contributed by atoms with E-state index in [1.54, 1.807) is 0 Å². The van der Waals surface area contributed by atoms with Crippen molar-refractivity contribution in [3.63, 3.8) is 0 Å². The van der Waals surface area contributed by atoms with Gasteiger partial charge in [0.25, 0.3) is 0 Å². The molecule has 0 aromatic rings. The van der Waals surface area contributed by atoms with Gasteiger partial charge in [0.1, 0.15) is 36.6 Å². The molecular weight excluding hydrogens is 288 g/mol. The summed E-state index contributed by atoms with van der Waals surface area (Å²) >= 11 is 0. The number of aliphatic hydroxyl groups is 6. The third-order valence-corrected chi connectivity index (χ3v) is 3.90. The van der Waals surface area contributed by atoms with Crippen LogP contribution in [-0.2, 0) is 14.2 Å². The average Bonchev–Trinajstić information content (AvgIpc) is 2.44. The molecule has 0 unspecified atom stereocenters. The van der Waals surface area contributed by atoms with Crippen molar-refractivity contribution >= 4 is 0 Å². The van der Waals surface area contributed by atoms with Crippen LogP contribution in [0.3, 0.4) is 0 Å². The smallest absolute Gasteiger partial charge is 0.187 e. The van der Waals surface area contributed by atoms with E-state index in [-0.39, 0.29) is 0 Å². The van der Waals surface area contributed by atoms with E-state index in [4.69, 9.17) is 14.2 Å². The van der Waals surface area contributed by atoms with Crippen LogP contribution in [0.5, 0.6) is 0 Å². The van der Waals surface area contributed by atoms with E-state index in [2.05, 4.69) is 0 Å².